The molecule has 0 aliphatic carbocycles. The summed E-state index contributed by atoms with van der Waals surface area (Å²) >= 11 is 5.64. The molecule has 0 atom stereocenters. The average Bonchev–Trinajstić information content (AvgIpc) is 2.57. The minimum Gasteiger partial charge on any atom is -0.233 e. The molecule has 0 N–H and O–H groups in total. The summed E-state index contributed by atoms with van der Waals surface area (Å²) in [5.41, 5.74) is 0.966. The Morgan fingerprint density at radius 1 is 1.43 bits per heavy atom. The highest BCUT2D eigenvalue weighted by atomic mass is 127. The average molecular weight is 364 g/mol. The van der Waals surface area contributed by atoms with Crippen LogP contribution < -0.4 is 0 Å². The summed E-state index contributed by atoms with van der Waals surface area (Å²) in [7, 11) is 0. The van der Waals surface area contributed by atoms with Gasteiger partial charge in [0.05, 0.1) is 15.5 Å². The molecule has 2 rings (SSSR count). The molecule has 2 aromatic rings. The zero-order valence-corrected chi connectivity index (χ0v) is 11.2. The first-order valence-corrected chi connectivity index (χ1v) is 5.87. The third-order valence-electron chi connectivity index (χ3n) is 1.79. The largest absolute Gasteiger partial charge is 0.233 e. The fourth-order valence-corrected chi connectivity index (χ4v) is 1.69. The van der Waals surface area contributed by atoms with Crippen LogP contribution in [0.1, 0.15) is 5.69 Å². The van der Waals surface area contributed by atoms with E-state index in [0.29, 0.717) is 0 Å². The van der Waals surface area contributed by atoms with Gasteiger partial charge >= 0.3 is 0 Å². The van der Waals surface area contributed by atoms with E-state index < -0.39 is 0 Å². The van der Waals surface area contributed by atoms with Crippen LogP contribution in [0.25, 0.3) is 5.82 Å². The second kappa shape index (κ2) is 3.98. The van der Waals surface area contributed by atoms with E-state index >= 15 is 0 Å². The molecule has 14 heavy (non-hydrogen) atoms. The quantitative estimate of drug-likeness (QED) is 0.729. The third-order valence-corrected chi connectivity index (χ3v) is 3.19. The molecule has 2 aromatic heterocycles. The van der Waals surface area contributed by atoms with E-state index in [4.69, 9.17) is 0 Å². The maximum absolute atomic E-state index is 4.41. The van der Waals surface area contributed by atoms with E-state index in [2.05, 4.69) is 48.6 Å². The number of pyridine rings is 1. The molecule has 0 radical (unpaired) electrons. The standard InChI is InChI=1S/C9H7BrIN3/c1-6-8(10)2-3-9(13-6)14-5-7(11)4-12-14/h2-5H,1H3. The first-order chi connectivity index (χ1) is 6.66. The van der Waals surface area contributed by atoms with Crippen molar-refractivity contribution in [2.45, 2.75) is 6.92 Å². The van der Waals surface area contributed by atoms with Gasteiger partial charge in [-0.25, -0.2) is 9.67 Å². The van der Waals surface area contributed by atoms with Gasteiger partial charge < -0.3 is 0 Å². The Kier molecular flexibility index (Phi) is 2.87. The molecule has 2 heterocycles. The van der Waals surface area contributed by atoms with Crippen molar-refractivity contribution in [2.75, 3.05) is 0 Å². The molecule has 0 saturated carbocycles. The molecule has 0 spiro atoms. The number of aryl methyl sites for hydroxylation is 1. The Bertz CT molecular complexity index is 467. The molecular weight excluding hydrogens is 357 g/mol. The monoisotopic (exact) mass is 363 g/mol. The minimum absolute atomic E-state index is 0.841. The van der Waals surface area contributed by atoms with Crippen LogP contribution in [0.4, 0.5) is 0 Å². The number of hydrogen-bond acceptors (Lipinski definition) is 2. The molecule has 0 unspecified atom stereocenters. The second-order valence-corrected chi connectivity index (χ2v) is 4.94. The Balaban J connectivity index is 2.47. The molecule has 72 valence electrons. The van der Waals surface area contributed by atoms with E-state index in [0.717, 1.165) is 19.6 Å². The van der Waals surface area contributed by atoms with Crippen LogP contribution in [-0.4, -0.2) is 14.8 Å². The SMILES string of the molecule is Cc1nc(-n2cc(I)cn2)ccc1Br. The summed E-state index contributed by atoms with van der Waals surface area (Å²) in [4.78, 5) is 4.41. The van der Waals surface area contributed by atoms with Gasteiger partial charge in [-0.1, -0.05) is 0 Å². The van der Waals surface area contributed by atoms with Crippen LogP contribution in [-0.2, 0) is 0 Å². The van der Waals surface area contributed by atoms with Crippen molar-refractivity contribution in [3.05, 3.63) is 38.3 Å². The molecule has 0 aliphatic heterocycles. The van der Waals surface area contributed by atoms with Gasteiger partial charge in [-0.05, 0) is 57.6 Å². The van der Waals surface area contributed by atoms with Crippen molar-refractivity contribution in [2.24, 2.45) is 0 Å². The zero-order chi connectivity index (χ0) is 10.1. The van der Waals surface area contributed by atoms with Crippen LogP contribution in [0, 0.1) is 10.5 Å². The molecular formula is C9H7BrIN3. The lowest BCUT2D eigenvalue weighted by atomic mass is 10.4. The highest BCUT2D eigenvalue weighted by Crippen LogP contribution is 2.16. The van der Waals surface area contributed by atoms with Crippen LogP contribution in [0.15, 0.2) is 29.0 Å². The number of nitrogens with zero attached hydrogens (tertiary/aromatic N) is 3. The summed E-state index contributed by atoms with van der Waals surface area (Å²) < 4.78 is 3.88. The van der Waals surface area contributed by atoms with Crippen LogP contribution in [0.5, 0.6) is 0 Å². The van der Waals surface area contributed by atoms with E-state index in [-0.39, 0.29) is 0 Å². The third kappa shape index (κ3) is 1.98. The normalized spacial score (nSPS) is 10.5. The van der Waals surface area contributed by atoms with E-state index in [1.54, 1.807) is 10.9 Å². The van der Waals surface area contributed by atoms with Crippen LogP contribution >= 0.6 is 38.5 Å². The van der Waals surface area contributed by atoms with Crippen molar-refractivity contribution in [1.82, 2.24) is 14.8 Å². The summed E-state index contributed by atoms with van der Waals surface area (Å²) in [6, 6.07) is 3.91. The molecule has 0 fully saturated rings. The minimum atomic E-state index is 0.841. The van der Waals surface area contributed by atoms with Gasteiger partial charge in [-0.3, -0.25) is 0 Å². The summed E-state index contributed by atoms with van der Waals surface area (Å²) in [6.07, 6.45) is 3.75. The van der Waals surface area contributed by atoms with Crippen molar-refractivity contribution >= 4 is 38.5 Å². The highest BCUT2D eigenvalue weighted by molar-refractivity contribution is 14.1. The van der Waals surface area contributed by atoms with E-state index in [9.17, 15) is 0 Å². The zero-order valence-electron chi connectivity index (χ0n) is 7.41. The second-order valence-electron chi connectivity index (χ2n) is 2.84. The fourth-order valence-electron chi connectivity index (χ4n) is 1.08. The van der Waals surface area contributed by atoms with Gasteiger partial charge in [0.1, 0.15) is 0 Å². The Morgan fingerprint density at radius 2 is 2.21 bits per heavy atom. The van der Waals surface area contributed by atoms with Gasteiger partial charge in [-0.2, -0.15) is 5.10 Å². The summed E-state index contributed by atoms with van der Waals surface area (Å²) in [5.74, 6) is 0.841. The molecule has 0 saturated heterocycles. The van der Waals surface area contributed by atoms with E-state index in [1.165, 1.54) is 0 Å². The van der Waals surface area contributed by atoms with Crippen LogP contribution in [0.2, 0.25) is 0 Å². The molecule has 3 nitrogen and oxygen atoms in total. The summed E-state index contributed by atoms with van der Waals surface area (Å²) in [6.45, 7) is 1.96. The Labute approximate surface area is 104 Å². The van der Waals surface area contributed by atoms with Gasteiger partial charge in [0.2, 0.25) is 0 Å². The van der Waals surface area contributed by atoms with Crippen LogP contribution in [0.3, 0.4) is 0 Å². The van der Waals surface area contributed by atoms with Gasteiger partial charge in [0.25, 0.3) is 0 Å². The first-order valence-electron chi connectivity index (χ1n) is 4.00. The van der Waals surface area contributed by atoms with Crippen molar-refractivity contribution in [3.8, 4) is 5.82 Å². The van der Waals surface area contributed by atoms with Gasteiger partial charge in [0.15, 0.2) is 5.82 Å². The predicted molar refractivity (Wildman–Crippen MR) is 66.5 cm³/mol. The Morgan fingerprint density at radius 3 is 2.79 bits per heavy atom. The molecule has 0 aliphatic rings. The van der Waals surface area contributed by atoms with Gasteiger partial charge in [0, 0.05) is 10.7 Å². The number of aromatic nitrogens is 3. The lowest BCUT2D eigenvalue weighted by molar-refractivity contribution is 0.839. The number of rotatable bonds is 1. The maximum atomic E-state index is 4.41. The maximum Gasteiger partial charge on any atom is 0.153 e. The highest BCUT2D eigenvalue weighted by Gasteiger charge is 2.02. The molecule has 0 bridgehead atoms. The Hall–Kier alpha value is -0.430. The van der Waals surface area contributed by atoms with Crippen molar-refractivity contribution in [1.29, 1.82) is 0 Å². The molecule has 0 amide bonds. The fraction of sp³-hybridized carbons (Fsp3) is 0.111. The van der Waals surface area contributed by atoms with Gasteiger partial charge in [-0.15, -0.1) is 0 Å². The lowest BCUT2D eigenvalue weighted by Crippen LogP contribution is -1.98. The number of halogens is 2. The lowest BCUT2D eigenvalue weighted by Gasteiger charge is -2.02. The predicted octanol–water partition coefficient (Wildman–Crippen LogP) is 2.94. The number of hydrogen-bond donors (Lipinski definition) is 0. The molecule has 5 heteroatoms. The van der Waals surface area contributed by atoms with Crippen molar-refractivity contribution in [3.63, 3.8) is 0 Å². The topological polar surface area (TPSA) is 30.7 Å². The first kappa shape index (κ1) is 10.1. The van der Waals surface area contributed by atoms with Crippen molar-refractivity contribution < 1.29 is 0 Å². The van der Waals surface area contributed by atoms with E-state index in [1.807, 2.05) is 25.3 Å². The summed E-state index contributed by atoms with van der Waals surface area (Å²) in [5, 5.41) is 4.19. The smallest absolute Gasteiger partial charge is 0.153 e. The molecule has 0 aromatic carbocycles.